The lowest BCUT2D eigenvalue weighted by Crippen LogP contribution is -2.15. The van der Waals surface area contributed by atoms with E-state index in [2.05, 4.69) is 32.3 Å². The topological polar surface area (TPSA) is 74.5 Å². The molecule has 0 aliphatic rings. The Morgan fingerprint density at radius 1 is 0.872 bits per heavy atom. The number of carbonyl (C=O) groups is 1. The fraction of sp³-hybridized carbons (Fsp3) is 0.0938. The Labute approximate surface area is 226 Å². The van der Waals surface area contributed by atoms with Crippen LogP contribution in [0.4, 0.5) is 22.9 Å². The Hall–Kier alpha value is -5.01. The third-order valence-electron chi connectivity index (χ3n) is 6.50. The largest absolute Gasteiger partial charge is 0.454 e. The number of benzene rings is 4. The second-order valence-corrected chi connectivity index (χ2v) is 9.59. The quantitative estimate of drug-likeness (QED) is 0.244. The summed E-state index contributed by atoms with van der Waals surface area (Å²) in [6.45, 7) is 0.820. The molecule has 6 aromatic rings. The minimum atomic E-state index is -0.170. The minimum Gasteiger partial charge on any atom is -0.454 e. The van der Waals surface area contributed by atoms with Gasteiger partial charge in [0, 0.05) is 40.5 Å². The van der Waals surface area contributed by atoms with Gasteiger partial charge in [-0.25, -0.2) is 9.97 Å². The van der Waals surface area contributed by atoms with E-state index in [-0.39, 0.29) is 5.91 Å². The maximum atomic E-state index is 13.1. The number of anilines is 4. The van der Waals surface area contributed by atoms with Crippen molar-refractivity contribution in [2.75, 3.05) is 24.3 Å². The molecule has 0 bridgehead atoms. The fourth-order valence-corrected chi connectivity index (χ4v) is 4.77. The van der Waals surface area contributed by atoms with E-state index in [1.807, 2.05) is 104 Å². The summed E-state index contributed by atoms with van der Waals surface area (Å²) in [5.74, 6) is 0.509. The standard InChI is InChI=1S/C32H27N5O2/c1-36(2)20-22-13-15-23(16-14-22)32(38)35-24-7-5-8-25(19-24)37(30-17-18-33-21-34-30)28-11-6-10-27-26-9-3-4-12-29(26)39-31(27)28/h3-19,21H,20H2,1-2H3,(H,35,38). The highest BCUT2D eigenvalue weighted by atomic mass is 16.3. The smallest absolute Gasteiger partial charge is 0.255 e. The zero-order valence-electron chi connectivity index (χ0n) is 21.7. The van der Waals surface area contributed by atoms with Gasteiger partial charge in [0.1, 0.15) is 17.7 Å². The molecular formula is C32H27N5O2. The molecule has 1 N–H and O–H groups in total. The van der Waals surface area contributed by atoms with Gasteiger partial charge in [-0.3, -0.25) is 9.69 Å². The predicted octanol–water partition coefficient (Wildman–Crippen LogP) is 7.16. The number of hydrogen-bond acceptors (Lipinski definition) is 6. The average Bonchev–Trinajstić information content (AvgIpc) is 3.34. The van der Waals surface area contributed by atoms with Crippen LogP contribution in [0.1, 0.15) is 15.9 Å². The van der Waals surface area contributed by atoms with E-state index in [1.165, 1.54) is 6.33 Å². The van der Waals surface area contributed by atoms with Gasteiger partial charge >= 0.3 is 0 Å². The first-order chi connectivity index (χ1) is 19.1. The van der Waals surface area contributed by atoms with Crippen LogP contribution in [0.5, 0.6) is 0 Å². The Kier molecular flexibility index (Phi) is 6.49. The maximum Gasteiger partial charge on any atom is 0.255 e. The first-order valence-corrected chi connectivity index (χ1v) is 12.7. The lowest BCUT2D eigenvalue weighted by molar-refractivity contribution is 0.102. The number of furan rings is 1. The molecule has 0 unspecified atom stereocenters. The van der Waals surface area contributed by atoms with E-state index in [9.17, 15) is 4.79 Å². The molecule has 2 heterocycles. The molecule has 0 saturated heterocycles. The molecule has 4 aromatic carbocycles. The van der Waals surface area contributed by atoms with Gasteiger partial charge in [-0.15, -0.1) is 0 Å². The highest BCUT2D eigenvalue weighted by Crippen LogP contribution is 2.41. The van der Waals surface area contributed by atoms with E-state index in [0.29, 0.717) is 17.1 Å². The molecule has 7 heteroatoms. The van der Waals surface area contributed by atoms with Gasteiger partial charge in [-0.1, -0.05) is 48.5 Å². The molecule has 0 saturated carbocycles. The SMILES string of the molecule is CN(C)Cc1ccc(C(=O)Nc2cccc(N(c3ccncn3)c3cccc4c3oc3ccccc34)c2)cc1. The van der Waals surface area contributed by atoms with Gasteiger partial charge in [0.15, 0.2) is 5.58 Å². The first-order valence-electron chi connectivity index (χ1n) is 12.7. The summed E-state index contributed by atoms with van der Waals surface area (Å²) in [6, 6.07) is 31.3. The monoisotopic (exact) mass is 513 g/mol. The van der Waals surface area contributed by atoms with Crippen LogP contribution in [0.25, 0.3) is 21.9 Å². The number of hydrogen-bond donors (Lipinski definition) is 1. The van der Waals surface area contributed by atoms with Crippen molar-refractivity contribution >= 4 is 50.7 Å². The molecule has 0 aliphatic heterocycles. The van der Waals surface area contributed by atoms with Crippen molar-refractivity contribution in [3.63, 3.8) is 0 Å². The first kappa shape index (κ1) is 24.3. The van der Waals surface area contributed by atoms with Crippen LogP contribution in [0.15, 0.2) is 114 Å². The summed E-state index contributed by atoms with van der Waals surface area (Å²) < 4.78 is 6.34. The summed E-state index contributed by atoms with van der Waals surface area (Å²) in [6.07, 6.45) is 3.23. The Bertz CT molecular complexity index is 1760. The Morgan fingerprint density at radius 2 is 1.67 bits per heavy atom. The molecule has 2 aromatic heterocycles. The number of amides is 1. The van der Waals surface area contributed by atoms with Gasteiger partial charge in [0.25, 0.3) is 5.91 Å². The van der Waals surface area contributed by atoms with Crippen molar-refractivity contribution in [1.29, 1.82) is 0 Å². The van der Waals surface area contributed by atoms with Crippen LogP contribution in [0.2, 0.25) is 0 Å². The highest BCUT2D eigenvalue weighted by molar-refractivity contribution is 6.10. The molecule has 0 aliphatic carbocycles. The van der Waals surface area contributed by atoms with Crippen molar-refractivity contribution in [1.82, 2.24) is 14.9 Å². The second-order valence-electron chi connectivity index (χ2n) is 9.59. The number of nitrogens with zero attached hydrogens (tertiary/aromatic N) is 4. The summed E-state index contributed by atoms with van der Waals surface area (Å²) in [5, 5.41) is 5.11. The molecule has 1 amide bonds. The predicted molar refractivity (Wildman–Crippen MR) is 156 cm³/mol. The van der Waals surface area contributed by atoms with Crippen molar-refractivity contribution in [2.24, 2.45) is 0 Å². The molecule has 192 valence electrons. The summed E-state index contributed by atoms with van der Waals surface area (Å²) in [4.78, 5) is 25.8. The Morgan fingerprint density at radius 3 is 2.46 bits per heavy atom. The summed E-state index contributed by atoms with van der Waals surface area (Å²) in [5.41, 5.74) is 5.65. The van der Waals surface area contributed by atoms with E-state index in [1.54, 1.807) is 6.20 Å². The van der Waals surface area contributed by atoms with Crippen molar-refractivity contribution in [3.05, 3.63) is 121 Å². The zero-order chi connectivity index (χ0) is 26.8. The number of carbonyl (C=O) groups excluding carboxylic acids is 1. The van der Waals surface area contributed by atoms with Crippen LogP contribution < -0.4 is 10.2 Å². The normalized spacial score (nSPS) is 11.3. The maximum absolute atomic E-state index is 13.1. The van der Waals surface area contributed by atoms with Crippen LogP contribution in [-0.2, 0) is 6.54 Å². The lowest BCUT2D eigenvalue weighted by Gasteiger charge is -2.24. The van der Waals surface area contributed by atoms with Gasteiger partial charge in [-0.05, 0) is 68.2 Å². The van der Waals surface area contributed by atoms with E-state index in [4.69, 9.17) is 4.42 Å². The van der Waals surface area contributed by atoms with Crippen LogP contribution in [0.3, 0.4) is 0 Å². The highest BCUT2D eigenvalue weighted by Gasteiger charge is 2.20. The van der Waals surface area contributed by atoms with Gasteiger partial charge in [0.2, 0.25) is 0 Å². The molecule has 0 atom stereocenters. The van der Waals surface area contributed by atoms with Crippen molar-refractivity contribution < 1.29 is 9.21 Å². The molecule has 0 fully saturated rings. The average molecular weight is 514 g/mol. The molecule has 0 radical (unpaired) electrons. The second kappa shape index (κ2) is 10.4. The zero-order valence-corrected chi connectivity index (χ0v) is 21.7. The fourth-order valence-electron chi connectivity index (χ4n) is 4.77. The van der Waals surface area contributed by atoms with Gasteiger partial charge < -0.3 is 14.6 Å². The van der Waals surface area contributed by atoms with Crippen LogP contribution in [-0.4, -0.2) is 34.9 Å². The van der Waals surface area contributed by atoms with Crippen molar-refractivity contribution in [2.45, 2.75) is 6.54 Å². The number of para-hydroxylation sites is 2. The minimum absolute atomic E-state index is 0.170. The van der Waals surface area contributed by atoms with E-state index < -0.39 is 0 Å². The lowest BCUT2D eigenvalue weighted by atomic mass is 10.1. The molecular weight excluding hydrogens is 486 g/mol. The van der Waals surface area contributed by atoms with Crippen LogP contribution in [0, 0.1) is 0 Å². The van der Waals surface area contributed by atoms with Crippen LogP contribution >= 0.6 is 0 Å². The number of fused-ring (bicyclic) bond motifs is 3. The third-order valence-corrected chi connectivity index (χ3v) is 6.50. The number of nitrogens with one attached hydrogen (secondary N) is 1. The number of aromatic nitrogens is 2. The Balaban J connectivity index is 1.38. The van der Waals surface area contributed by atoms with Gasteiger partial charge in [0.05, 0.1) is 5.69 Å². The third kappa shape index (κ3) is 4.95. The van der Waals surface area contributed by atoms with Crippen molar-refractivity contribution in [3.8, 4) is 0 Å². The number of rotatable bonds is 7. The molecule has 6 rings (SSSR count). The van der Waals surface area contributed by atoms with Gasteiger partial charge in [-0.2, -0.15) is 0 Å². The molecule has 7 nitrogen and oxygen atoms in total. The summed E-state index contributed by atoms with van der Waals surface area (Å²) >= 11 is 0. The van der Waals surface area contributed by atoms with E-state index >= 15 is 0 Å². The summed E-state index contributed by atoms with van der Waals surface area (Å²) in [7, 11) is 4.04. The molecule has 0 spiro atoms. The van der Waals surface area contributed by atoms with E-state index in [0.717, 1.165) is 45.4 Å². The molecule has 39 heavy (non-hydrogen) atoms.